The van der Waals surface area contributed by atoms with E-state index in [2.05, 4.69) is 4.90 Å². The Hall–Kier alpha value is -3.58. The van der Waals surface area contributed by atoms with E-state index >= 15 is 0 Å². The highest BCUT2D eigenvalue weighted by atomic mass is 16.5. The van der Waals surface area contributed by atoms with Crippen molar-refractivity contribution in [1.82, 2.24) is 14.5 Å². The molecule has 0 unspecified atom stereocenters. The zero-order valence-electron chi connectivity index (χ0n) is 17.9. The summed E-state index contributed by atoms with van der Waals surface area (Å²) in [4.78, 5) is 20.1. The molecule has 160 valence electrons. The number of aromatic nitrogens is 2. The van der Waals surface area contributed by atoms with Crippen LogP contribution in [0.25, 0.3) is 10.9 Å². The molecule has 2 aromatic carbocycles. The molecule has 0 saturated carbocycles. The lowest BCUT2D eigenvalue weighted by atomic mass is 10.2. The van der Waals surface area contributed by atoms with E-state index in [0.29, 0.717) is 53.6 Å². The van der Waals surface area contributed by atoms with Gasteiger partial charge in [0.25, 0.3) is 5.56 Å². The molecule has 0 bridgehead atoms. The molecule has 7 heteroatoms. The normalized spacial score (nSPS) is 11.2. The van der Waals surface area contributed by atoms with Gasteiger partial charge < -0.3 is 13.9 Å². The fraction of sp³-hybridized carbons (Fsp3) is 0.250. The van der Waals surface area contributed by atoms with Crippen LogP contribution >= 0.6 is 0 Å². The van der Waals surface area contributed by atoms with Crippen LogP contribution in [-0.2, 0) is 19.6 Å². The summed E-state index contributed by atoms with van der Waals surface area (Å²) in [6, 6.07) is 16.9. The van der Waals surface area contributed by atoms with E-state index in [1.807, 2.05) is 55.6 Å². The van der Waals surface area contributed by atoms with Gasteiger partial charge in [0, 0.05) is 6.54 Å². The van der Waals surface area contributed by atoms with Gasteiger partial charge in [-0.25, -0.2) is 4.98 Å². The fourth-order valence-corrected chi connectivity index (χ4v) is 3.64. The van der Waals surface area contributed by atoms with E-state index in [4.69, 9.17) is 18.9 Å². The van der Waals surface area contributed by atoms with Crippen LogP contribution in [0.5, 0.6) is 11.5 Å². The first-order valence-corrected chi connectivity index (χ1v) is 9.99. The summed E-state index contributed by atoms with van der Waals surface area (Å²) in [6.07, 6.45) is 1.61. The van der Waals surface area contributed by atoms with Crippen molar-refractivity contribution < 1.29 is 13.9 Å². The van der Waals surface area contributed by atoms with Gasteiger partial charge in [-0.2, -0.15) is 0 Å². The number of hydrogen-bond acceptors (Lipinski definition) is 6. The molecule has 2 aromatic heterocycles. The second-order valence-corrected chi connectivity index (χ2v) is 7.38. The number of rotatable bonds is 8. The standard InChI is InChI=1S/C24H25N3O4/c1-26(14-17-10-11-21(29-2)22(13-17)30-3)16-23-25-20-9-5-4-8-19(20)24(28)27(23)15-18-7-6-12-31-18/h4-13H,14-16H2,1-3H3. The van der Waals surface area contributed by atoms with Gasteiger partial charge in [-0.15, -0.1) is 0 Å². The molecule has 0 amide bonds. The first-order chi connectivity index (χ1) is 15.1. The van der Waals surface area contributed by atoms with Crippen LogP contribution in [0, 0.1) is 0 Å². The van der Waals surface area contributed by atoms with E-state index in [0.717, 1.165) is 5.56 Å². The maximum absolute atomic E-state index is 13.2. The van der Waals surface area contributed by atoms with Crippen molar-refractivity contribution in [3.63, 3.8) is 0 Å². The Kier molecular flexibility index (Phi) is 6.04. The minimum absolute atomic E-state index is 0.0727. The van der Waals surface area contributed by atoms with Crippen molar-refractivity contribution in [3.8, 4) is 11.5 Å². The Morgan fingerprint density at radius 1 is 1.00 bits per heavy atom. The average molecular weight is 419 g/mol. The van der Waals surface area contributed by atoms with Crippen molar-refractivity contribution in [1.29, 1.82) is 0 Å². The van der Waals surface area contributed by atoms with Gasteiger partial charge in [-0.05, 0) is 49.0 Å². The maximum atomic E-state index is 13.2. The number of para-hydroxylation sites is 1. The predicted molar refractivity (Wildman–Crippen MR) is 119 cm³/mol. The second kappa shape index (κ2) is 9.06. The number of fused-ring (bicyclic) bond motifs is 1. The van der Waals surface area contributed by atoms with Crippen LogP contribution in [-0.4, -0.2) is 35.7 Å². The lowest BCUT2D eigenvalue weighted by Crippen LogP contribution is -2.29. The smallest absolute Gasteiger partial charge is 0.261 e. The lowest BCUT2D eigenvalue weighted by Gasteiger charge is -2.20. The van der Waals surface area contributed by atoms with E-state index < -0.39 is 0 Å². The monoisotopic (exact) mass is 419 g/mol. The van der Waals surface area contributed by atoms with Crippen LogP contribution in [0.3, 0.4) is 0 Å². The summed E-state index contributed by atoms with van der Waals surface area (Å²) >= 11 is 0. The minimum Gasteiger partial charge on any atom is -0.493 e. The van der Waals surface area contributed by atoms with Gasteiger partial charge in [0.2, 0.25) is 0 Å². The summed E-state index contributed by atoms with van der Waals surface area (Å²) in [5.41, 5.74) is 1.69. The summed E-state index contributed by atoms with van der Waals surface area (Å²) in [6.45, 7) is 1.49. The van der Waals surface area contributed by atoms with Crippen molar-refractivity contribution in [2.45, 2.75) is 19.6 Å². The molecule has 0 aliphatic heterocycles. The number of ether oxygens (including phenoxy) is 2. The zero-order chi connectivity index (χ0) is 21.8. The zero-order valence-corrected chi connectivity index (χ0v) is 17.9. The molecule has 0 N–H and O–H groups in total. The van der Waals surface area contributed by atoms with E-state index in [1.165, 1.54) is 0 Å². The molecule has 0 fully saturated rings. The summed E-state index contributed by atoms with van der Waals surface area (Å²) in [5.74, 6) is 2.77. The third-order valence-electron chi connectivity index (χ3n) is 5.15. The number of nitrogens with zero attached hydrogens (tertiary/aromatic N) is 3. The van der Waals surface area contributed by atoms with Crippen LogP contribution in [0.15, 0.2) is 70.1 Å². The van der Waals surface area contributed by atoms with Crippen LogP contribution < -0.4 is 15.0 Å². The van der Waals surface area contributed by atoms with Gasteiger partial charge in [0.15, 0.2) is 11.5 Å². The van der Waals surface area contributed by atoms with Gasteiger partial charge in [-0.1, -0.05) is 18.2 Å². The molecule has 4 aromatic rings. The number of methoxy groups -OCH3 is 2. The average Bonchev–Trinajstić information content (AvgIpc) is 3.29. The fourth-order valence-electron chi connectivity index (χ4n) is 3.64. The Balaban J connectivity index is 1.64. The Bertz CT molecular complexity index is 1230. The molecule has 0 aliphatic carbocycles. The molecule has 0 radical (unpaired) electrons. The van der Waals surface area contributed by atoms with Crippen molar-refractivity contribution in [3.05, 3.63) is 88.4 Å². The Labute approximate surface area is 180 Å². The molecule has 7 nitrogen and oxygen atoms in total. The molecule has 4 rings (SSSR count). The Morgan fingerprint density at radius 3 is 2.55 bits per heavy atom. The molecule has 0 saturated heterocycles. The van der Waals surface area contributed by atoms with Crippen LogP contribution in [0.1, 0.15) is 17.1 Å². The second-order valence-electron chi connectivity index (χ2n) is 7.38. The van der Waals surface area contributed by atoms with E-state index in [1.54, 1.807) is 31.1 Å². The molecule has 0 spiro atoms. The highest BCUT2D eigenvalue weighted by Gasteiger charge is 2.15. The van der Waals surface area contributed by atoms with Crippen molar-refractivity contribution in [2.75, 3.05) is 21.3 Å². The van der Waals surface area contributed by atoms with Gasteiger partial charge >= 0.3 is 0 Å². The van der Waals surface area contributed by atoms with Gasteiger partial charge in [-0.3, -0.25) is 14.3 Å². The largest absolute Gasteiger partial charge is 0.493 e. The molecular weight excluding hydrogens is 394 g/mol. The molecule has 2 heterocycles. The third-order valence-corrected chi connectivity index (χ3v) is 5.15. The minimum atomic E-state index is -0.0727. The predicted octanol–water partition coefficient (Wildman–Crippen LogP) is 3.69. The van der Waals surface area contributed by atoms with E-state index in [-0.39, 0.29) is 5.56 Å². The summed E-state index contributed by atoms with van der Waals surface area (Å²) in [7, 11) is 5.24. The SMILES string of the molecule is COc1ccc(CN(C)Cc2nc3ccccc3c(=O)n2Cc2ccco2)cc1OC. The van der Waals surface area contributed by atoms with Crippen molar-refractivity contribution in [2.24, 2.45) is 0 Å². The highest BCUT2D eigenvalue weighted by molar-refractivity contribution is 5.77. The summed E-state index contributed by atoms with van der Waals surface area (Å²) < 4.78 is 17.9. The third kappa shape index (κ3) is 4.46. The lowest BCUT2D eigenvalue weighted by molar-refractivity contribution is 0.301. The molecule has 0 atom stereocenters. The Morgan fingerprint density at radius 2 is 1.81 bits per heavy atom. The topological polar surface area (TPSA) is 69.7 Å². The number of hydrogen-bond donors (Lipinski definition) is 0. The first kappa shape index (κ1) is 20.7. The van der Waals surface area contributed by atoms with E-state index in [9.17, 15) is 4.79 Å². The van der Waals surface area contributed by atoms with Crippen LogP contribution in [0.4, 0.5) is 0 Å². The van der Waals surface area contributed by atoms with Crippen molar-refractivity contribution >= 4 is 10.9 Å². The molecule has 31 heavy (non-hydrogen) atoms. The van der Waals surface area contributed by atoms with Gasteiger partial charge in [0.05, 0.1) is 44.5 Å². The molecular formula is C24H25N3O4. The maximum Gasteiger partial charge on any atom is 0.261 e. The quantitative estimate of drug-likeness (QED) is 0.434. The van der Waals surface area contributed by atoms with Gasteiger partial charge in [0.1, 0.15) is 11.6 Å². The van der Waals surface area contributed by atoms with Crippen LogP contribution in [0.2, 0.25) is 0 Å². The number of benzene rings is 2. The number of furan rings is 1. The molecule has 0 aliphatic rings. The first-order valence-electron chi connectivity index (χ1n) is 9.99. The summed E-state index contributed by atoms with van der Waals surface area (Å²) in [5, 5.41) is 0.598. The highest BCUT2D eigenvalue weighted by Crippen LogP contribution is 2.28.